The van der Waals surface area contributed by atoms with E-state index in [9.17, 15) is 4.79 Å². The molecule has 2 aromatic rings. The van der Waals surface area contributed by atoms with E-state index in [0.29, 0.717) is 37.3 Å². The Bertz CT molecular complexity index is 1360. The number of nitrogens with one attached hydrogen (secondary N) is 2. The first-order valence-corrected chi connectivity index (χ1v) is 15.8. The average Bonchev–Trinajstić information content (AvgIpc) is 3.03. The van der Waals surface area contributed by atoms with Crippen molar-refractivity contribution in [2.24, 2.45) is 4.99 Å². The van der Waals surface area contributed by atoms with Crippen LogP contribution in [0.4, 0.5) is 17.1 Å². The molecule has 9 nitrogen and oxygen atoms in total. The molecular weight excluding hydrogens is 538 g/mol. The lowest BCUT2D eigenvalue weighted by atomic mass is 10.00. The van der Waals surface area contributed by atoms with Gasteiger partial charge in [0.05, 0.1) is 30.6 Å². The summed E-state index contributed by atoms with van der Waals surface area (Å²) in [6, 6.07) is 8.66. The minimum atomic E-state index is 0.203. The Morgan fingerprint density at radius 1 is 1.16 bits per heavy atom. The SMILES string of the molecule is C=C(/N=C1/CN(c2cnc3c(c2C)NCCO3)CC/C1=C/C)Nc1ccc(CC(=O)N2CCN(C(CC)CC)CC2)cc1. The lowest BCUT2D eigenvalue weighted by molar-refractivity contribution is -0.132. The maximum absolute atomic E-state index is 13.0. The zero-order valence-corrected chi connectivity index (χ0v) is 26.3. The highest BCUT2D eigenvalue weighted by Crippen LogP contribution is 2.35. The van der Waals surface area contributed by atoms with E-state index >= 15 is 0 Å². The molecular formula is C34H47N7O2. The smallest absolute Gasteiger partial charge is 0.237 e. The lowest BCUT2D eigenvalue weighted by Gasteiger charge is -2.39. The molecule has 0 bridgehead atoms. The third kappa shape index (κ3) is 7.21. The van der Waals surface area contributed by atoms with Crippen LogP contribution in [0, 0.1) is 6.92 Å². The van der Waals surface area contributed by atoms with Crippen molar-refractivity contribution in [3.8, 4) is 5.88 Å². The number of allylic oxidation sites excluding steroid dienone is 1. The van der Waals surface area contributed by atoms with Crippen molar-refractivity contribution in [3.05, 3.63) is 65.6 Å². The first-order chi connectivity index (χ1) is 20.9. The molecule has 3 aliphatic rings. The van der Waals surface area contributed by atoms with Crippen LogP contribution in [0.25, 0.3) is 0 Å². The summed E-state index contributed by atoms with van der Waals surface area (Å²) < 4.78 is 5.72. The minimum Gasteiger partial charge on any atom is -0.474 e. The summed E-state index contributed by atoms with van der Waals surface area (Å²) in [5.74, 6) is 1.47. The van der Waals surface area contributed by atoms with E-state index in [4.69, 9.17) is 9.73 Å². The molecule has 0 saturated carbocycles. The van der Waals surface area contributed by atoms with Gasteiger partial charge in [-0.25, -0.2) is 9.98 Å². The van der Waals surface area contributed by atoms with E-state index in [-0.39, 0.29) is 5.91 Å². The Balaban J connectivity index is 1.17. The number of aromatic nitrogens is 1. The van der Waals surface area contributed by atoms with E-state index in [2.05, 4.69) is 65.8 Å². The Kier molecular flexibility index (Phi) is 10.0. The molecule has 0 unspecified atom stereocenters. The van der Waals surface area contributed by atoms with Crippen LogP contribution in [-0.2, 0) is 11.2 Å². The Hall–Kier alpha value is -3.85. The number of hydrogen-bond acceptors (Lipinski definition) is 8. The highest BCUT2D eigenvalue weighted by Gasteiger charge is 2.26. The van der Waals surface area contributed by atoms with Crippen molar-refractivity contribution in [2.45, 2.75) is 59.4 Å². The molecule has 0 spiro atoms. The van der Waals surface area contributed by atoms with Crippen LogP contribution in [0.2, 0.25) is 0 Å². The Labute approximate surface area is 256 Å². The molecule has 1 aromatic heterocycles. The summed E-state index contributed by atoms with van der Waals surface area (Å²) in [5, 5.41) is 6.78. The molecule has 4 heterocycles. The van der Waals surface area contributed by atoms with Crippen LogP contribution in [-0.4, -0.2) is 84.9 Å². The largest absolute Gasteiger partial charge is 0.474 e. The third-order valence-corrected chi connectivity index (χ3v) is 8.96. The number of aliphatic imine (C=N–C) groups is 1. The van der Waals surface area contributed by atoms with Crippen LogP contribution in [0.1, 0.15) is 51.2 Å². The summed E-state index contributed by atoms with van der Waals surface area (Å²) in [6.45, 7) is 19.4. The quantitative estimate of drug-likeness (QED) is 0.416. The van der Waals surface area contributed by atoms with Gasteiger partial charge in [0, 0.05) is 56.6 Å². The molecule has 230 valence electrons. The van der Waals surface area contributed by atoms with Crippen molar-refractivity contribution >= 4 is 28.7 Å². The second-order valence-electron chi connectivity index (χ2n) is 11.6. The van der Waals surface area contributed by atoms with E-state index in [1.54, 1.807) is 0 Å². The van der Waals surface area contributed by atoms with Crippen LogP contribution in [0.3, 0.4) is 0 Å². The predicted octanol–water partition coefficient (Wildman–Crippen LogP) is 5.25. The van der Waals surface area contributed by atoms with Gasteiger partial charge in [-0.05, 0) is 56.4 Å². The molecule has 2 saturated heterocycles. The van der Waals surface area contributed by atoms with Crippen LogP contribution in [0.5, 0.6) is 5.88 Å². The van der Waals surface area contributed by atoms with Crippen LogP contribution < -0.4 is 20.3 Å². The summed E-state index contributed by atoms with van der Waals surface area (Å²) in [6.07, 6.45) is 7.71. The van der Waals surface area contributed by atoms with E-state index in [0.717, 1.165) is 79.6 Å². The van der Waals surface area contributed by atoms with Crippen molar-refractivity contribution in [3.63, 3.8) is 0 Å². The standard InChI is InChI=1S/C34H47N7O2/c1-6-27-13-15-41(31-22-36-34-33(24(31)4)35-14-20-43-34)23-30(27)38-25(5)37-28-11-9-26(10-12-28)21-32(42)40-18-16-39(17-19-40)29(7-2)8-3/h6,9-12,22,29,35,37H,5,7-8,13-21,23H2,1-4H3/b27-6-,38-30-. The number of fused-ring (bicyclic) bond motifs is 1. The normalized spacial score (nSPS) is 19.3. The molecule has 5 rings (SSSR count). The molecule has 1 amide bonds. The van der Waals surface area contributed by atoms with E-state index in [1.807, 2.05) is 35.4 Å². The predicted molar refractivity (Wildman–Crippen MR) is 176 cm³/mol. The minimum absolute atomic E-state index is 0.203. The fourth-order valence-electron chi connectivity index (χ4n) is 6.41. The molecule has 43 heavy (non-hydrogen) atoms. The molecule has 3 aliphatic heterocycles. The highest BCUT2D eigenvalue weighted by atomic mass is 16.5. The van der Waals surface area contributed by atoms with Gasteiger partial charge in [0.15, 0.2) is 0 Å². The third-order valence-electron chi connectivity index (χ3n) is 8.96. The molecule has 0 atom stereocenters. The number of nitrogens with zero attached hydrogens (tertiary/aromatic N) is 5. The van der Waals surface area contributed by atoms with Gasteiger partial charge in [-0.3, -0.25) is 9.69 Å². The number of amides is 1. The fraction of sp³-hybridized carbons (Fsp3) is 0.500. The van der Waals surface area contributed by atoms with Gasteiger partial charge >= 0.3 is 0 Å². The van der Waals surface area contributed by atoms with Crippen LogP contribution >= 0.6 is 0 Å². The van der Waals surface area contributed by atoms with Gasteiger partial charge in [-0.2, -0.15) is 0 Å². The monoisotopic (exact) mass is 585 g/mol. The van der Waals surface area contributed by atoms with Crippen molar-refractivity contribution in [1.82, 2.24) is 14.8 Å². The number of pyridine rings is 1. The van der Waals surface area contributed by atoms with Crippen LogP contribution in [0.15, 0.2) is 59.5 Å². The number of piperazine rings is 1. The number of benzene rings is 1. The number of ether oxygens (including phenoxy) is 1. The summed E-state index contributed by atoms with van der Waals surface area (Å²) in [5.41, 5.74) is 7.37. The summed E-state index contributed by atoms with van der Waals surface area (Å²) >= 11 is 0. The lowest BCUT2D eigenvalue weighted by Crippen LogP contribution is -2.52. The van der Waals surface area contributed by atoms with Gasteiger partial charge in [-0.15, -0.1) is 0 Å². The first-order valence-electron chi connectivity index (χ1n) is 15.8. The van der Waals surface area contributed by atoms with Gasteiger partial charge < -0.3 is 25.2 Å². The second kappa shape index (κ2) is 14.1. The molecule has 1 aromatic carbocycles. The number of rotatable bonds is 9. The Morgan fingerprint density at radius 2 is 1.91 bits per heavy atom. The zero-order chi connectivity index (χ0) is 30.3. The van der Waals surface area contributed by atoms with Gasteiger partial charge in [0.2, 0.25) is 11.8 Å². The number of anilines is 3. The maximum atomic E-state index is 13.0. The van der Waals surface area contributed by atoms with Crippen molar-refractivity contribution < 1.29 is 9.53 Å². The highest BCUT2D eigenvalue weighted by molar-refractivity contribution is 6.05. The van der Waals surface area contributed by atoms with Crippen molar-refractivity contribution in [2.75, 3.05) is 68.0 Å². The number of carbonyl (C=O) groups excluding carboxylic acids is 1. The van der Waals surface area contributed by atoms with E-state index in [1.165, 1.54) is 18.4 Å². The Morgan fingerprint density at radius 3 is 2.60 bits per heavy atom. The van der Waals surface area contributed by atoms with Gasteiger partial charge in [-0.1, -0.05) is 38.6 Å². The topological polar surface area (TPSA) is 85.3 Å². The second-order valence-corrected chi connectivity index (χ2v) is 11.6. The maximum Gasteiger partial charge on any atom is 0.237 e. The number of piperidine rings is 1. The molecule has 2 fully saturated rings. The zero-order valence-electron chi connectivity index (χ0n) is 26.3. The van der Waals surface area contributed by atoms with Gasteiger partial charge in [0.1, 0.15) is 18.1 Å². The summed E-state index contributed by atoms with van der Waals surface area (Å²) in [4.78, 5) is 29.3. The van der Waals surface area contributed by atoms with E-state index < -0.39 is 0 Å². The molecule has 0 aliphatic carbocycles. The molecule has 0 radical (unpaired) electrons. The molecule has 9 heteroatoms. The van der Waals surface area contributed by atoms with Crippen molar-refractivity contribution in [1.29, 1.82) is 0 Å². The summed E-state index contributed by atoms with van der Waals surface area (Å²) in [7, 11) is 0. The molecule has 2 N–H and O–H groups in total. The first kappa shape index (κ1) is 30.6. The van der Waals surface area contributed by atoms with Gasteiger partial charge in [0.25, 0.3) is 0 Å². The number of hydrogen-bond donors (Lipinski definition) is 2. The number of carbonyl (C=O) groups is 1. The average molecular weight is 586 g/mol. The fourth-order valence-corrected chi connectivity index (χ4v) is 6.41.